The SMILES string of the molecule is CC(F)(F)C1(c2cc(Cl)c3c(Cl)nc(Cl)nn23)CCC1. The molecule has 0 amide bonds. The molecule has 1 fully saturated rings. The molecule has 0 aromatic carbocycles. The van der Waals surface area contributed by atoms with Gasteiger partial charge in [-0.05, 0) is 30.5 Å². The summed E-state index contributed by atoms with van der Waals surface area (Å²) in [4.78, 5) is 3.79. The maximum absolute atomic E-state index is 14.1. The van der Waals surface area contributed by atoms with Crippen LogP contribution in [0.4, 0.5) is 8.78 Å². The Hall–Kier alpha value is -0.650. The first-order valence-corrected chi connectivity index (χ1v) is 7.18. The van der Waals surface area contributed by atoms with Crippen LogP contribution in [-0.2, 0) is 5.41 Å². The van der Waals surface area contributed by atoms with Crippen molar-refractivity contribution in [3.8, 4) is 0 Å². The highest BCUT2D eigenvalue weighted by atomic mass is 35.5. The van der Waals surface area contributed by atoms with Crippen LogP contribution in [0.5, 0.6) is 0 Å². The lowest BCUT2D eigenvalue weighted by Gasteiger charge is -2.45. The van der Waals surface area contributed by atoms with Gasteiger partial charge in [0.2, 0.25) is 5.28 Å². The highest BCUT2D eigenvalue weighted by Crippen LogP contribution is 2.54. The Morgan fingerprint density at radius 2 is 1.95 bits per heavy atom. The topological polar surface area (TPSA) is 30.2 Å². The summed E-state index contributed by atoms with van der Waals surface area (Å²) in [7, 11) is 0. The lowest BCUT2D eigenvalue weighted by Crippen LogP contribution is -2.49. The van der Waals surface area contributed by atoms with Crippen LogP contribution in [0.2, 0.25) is 15.5 Å². The maximum atomic E-state index is 14.1. The molecule has 0 atom stereocenters. The Labute approximate surface area is 128 Å². The average Bonchev–Trinajstić information content (AvgIpc) is 2.52. The van der Waals surface area contributed by atoms with Crippen molar-refractivity contribution in [1.29, 1.82) is 0 Å². The van der Waals surface area contributed by atoms with E-state index in [1.807, 2.05) is 0 Å². The van der Waals surface area contributed by atoms with E-state index in [1.165, 1.54) is 10.6 Å². The molecule has 2 aromatic heterocycles. The molecule has 3 rings (SSSR count). The molecule has 1 aliphatic carbocycles. The molecule has 0 radical (unpaired) electrons. The molecular weight excluding hydrogens is 331 g/mol. The zero-order chi connectivity index (χ0) is 14.7. The van der Waals surface area contributed by atoms with Gasteiger partial charge in [-0.1, -0.05) is 29.6 Å². The van der Waals surface area contributed by atoms with Crippen LogP contribution in [0.15, 0.2) is 6.07 Å². The number of aromatic nitrogens is 3. The van der Waals surface area contributed by atoms with Crippen LogP contribution in [0.1, 0.15) is 31.9 Å². The molecule has 0 unspecified atom stereocenters. The van der Waals surface area contributed by atoms with Crippen LogP contribution in [-0.4, -0.2) is 20.5 Å². The average molecular weight is 341 g/mol. The van der Waals surface area contributed by atoms with Crippen LogP contribution in [0.3, 0.4) is 0 Å². The number of hydrogen-bond acceptors (Lipinski definition) is 2. The monoisotopic (exact) mass is 339 g/mol. The molecule has 0 bridgehead atoms. The van der Waals surface area contributed by atoms with Gasteiger partial charge in [-0.2, -0.15) is 0 Å². The van der Waals surface area contributed by atoms with Crippen molar-refractivity contribution in [1.82, 2.24) is 14.6 Å². The van der Waals surface area contributed by atoms with Gasteiger partial charge in [0.05, 0.1) is 16.1 Å². The van der Waals surface area contributed by atoms with Crippen LogP contribution < -0.4 is 0 Å². The maximum Gasteiger partial charge on any atom is 0.256 e. The van der Waals surface area contributed by atoms with E-state index in [2.05, 4.69) is 10.1 Å². The summed E-state index contributed by atoms with van der Waals surface area (Å²) in [5, 5.41) is 4.18. The number of fused-ring (bicyclic) bond motifs is 1. The quantitative estimate of drug-likeness (QED) is 0.788. The molecule has 8 heteroatoms. The van der Waals surface area contributed by atoms with Gasteiger partial charge in [-0.3, -0.25) is 0 Å². The Morgan fingerprint density at radius 1 is 1.30 bits per heavy atom. The van der Waals surface area contributed by atoms with E-state index in [0.29, 0.717) is 24.1 Å². The van der Waals surface area contributed by atoms with E-state index < -0.39 is 11.3 Å². The summed E-state index contributed by atoms with van der Waals surface area (Å²) in [6.07, 6.45) is 1.48. The minimum absolute atomic E-state index is 0.0511. The van der Waals surface area contributed by atoms with Crippen molar-refractivity contribution in [3.63, 3.8) is 0 Å². The van der Waals surface area contributed by atoms with Crippen molar-refractivity contribution in [2.75, 3.05) is 0 Å². The second-order valence-corrected chi connectivity index (χ2v) is 6.24. The lowest BCUT2D eigenvalue weighted by atomic mass is 9.63. The Morgan fingerprint density at radius 3 is 2.45 bits per heavy atom. The standard InChI is InChI=1S/C12H10Cl3F2N3/c1-11(16,17)12(3-2-4-12)7-5-6(13)8-9(14)18-10(15)19-20(7)8/h5H,2-4H2,1H3. The lowest BCUT2D eigenvalue weighted by molar-refractivity contribution is -0.0995. The van der Waals surface area contributed by atoms with E-state index >= 15 is 0 Å². The Kier molecular flexibility index (Phi) is 3.16. The summed E-state index contributed by atoms with van der Waals surface area (Å²) in [6, 6.07) is 1.49. The highest BCUT2D eigenvalue weighted by molar-refractivity contribution is 6.39. The van der Waals surface area contributed by atoms with E-state index in [0.717, 1.165) is 13.3 Å². The van der Waals surface area contributed by atoms with Crippen molar-refractivity contribution in [3.05, 3.63) is 27.2 Å². The summed E-state index contributed by atoms with van der Waals surface area (Å²) in [5.41, 5.74) is -0.630. The molecule has 2 heterocycles. The van der Waals surface area contributed by atoms with Gasteiger partial charge < -0.3 is 0 Å². The molecular formula is C12H10Cl3F2N3. The normalized spacial score (nSPS) is 18.3. The third-order valence-corrected chi connectivity index (χ3v) is 4.75. The van der Waals surface area contributed by atoms with E-state index in [9.17, 15) is 8.78 Å². The predicted molar refractivity (Wildman–Crippen MR) is 74.2 cm³/mol. The van der Waals surface area contributed by atoms with Crippen molar-refractivity contribution < 1.29 is 8.78 Å². The van der Waals surface area contributed by atoms with Gasteiger partial charge in [0.25, 0.3) is 5.92 Å². The molecule has 0 spiro atoms. The van der Waals surface area contributed by atoms with Gasteiger partial charge in [-0.25, -0.2) is 18.3 Å². The second kappa shape index (κ2) is 4.42. The molecule has 1 aliphatic rings. The first-order chi connectivity index (χ1) is 9.26. The molecule has 3 nitrogen and oxygen atoms in total. The van der Waals surface area contributed by atoms with Gasteiger partial charge >= 0.3 is 0 Å². The van der Waals surface area contributed by atoms with Crippen LogP contribution >= 0.6 is 34.8 Å². The van der Waals surface area contributed by atoms with Crippen molar-refractivity contribution in [2.24, 2.45) is 0 Å². The van der Waals surface area contributed by atoms with Gasteiger partial charge in [0.1, 0.15) is 5.52 Å². The van der Waals surface area contributed by atoms with Gasteiger partial charge in [0.15, 0.2) is 5.15 Å². The Bertz CT molecular complexity index is 689. The first kappa shape index (κ1) is 14.3. The first-order valence-electron chi connectivity index (χ1n) is 6.05. The van der Waals surface area contributed by atoms with Crippen LogP contribution in [0.25, 0.3) is 5.52 Å². The molecule has 0 saturated heterocycles. The fourth-order valence-electron chi connectivity index (χ4n) is 2.79. The van der Waals surface area contributed by atoms with Crippen LogP contribution in [0, 0.1) is 0 Å². The molecule has 108 valence electrons. The predicted octanol–water partition coefficient (Wildman–Crippen LogP) is 4.77. The summed E-state index contributed by atoms with van der Waals surface area (Å²) < 4.78 is 29.5. The number of alkyl halides is 2. The number of halogens is 5. The summed E-state index contributed by atoms with van der Waals surface area (Å²) in [5.74, 6) is -2.88. The molecule has 2 aromatic rings. The zero-order valence-corrected chi connectivity index (χ0v) is 12.7. The number of hydrogen-bond donors (Lipinski definition) is 0. The zero-order valence-electron chi connectivity index (χ0n) is 10.4. The molecule has 20 heavy (non-hydrogen) atoms. The third kappa shape index (κ3) is 1.83. The fourth-order valence-corrected chi connectivity index (χ4v) is 3.58. The second-order valence-electron chi connectivity index (χ2n) is 5.13. The summed E-state index contributed by atoms with van der Waals surface area (Å²) in [6.45, 7) is 0.920. The third-order valence-electron chi connectivity index (χ3n) is 4.04. The molecule has 1 saturated carbocycles. The number of rotatable bonds is 2. The van der Waals surface area contributed by atoms with Gasteiger partial charge in [-0.15, -0.1) is 5.10 Å². The summed E-state index contributed by atoms with van der Waals surface area (Å²) >= 11 is 17.9. The minimum Gasteiger partial charge on any atom is -0.229 e. The molecule has 0 aliphatic heterocycles. The minimum atomic E-state index is -2.88. The van der Waals surface area contributed by atoms with Gasteiger partial charge in [0, 0.05) is 6.92 Å². The molecule has 0 N–H and O–H groups in total. The van der Waals surface area contributed by atoms with E-state index in [-0.39, 0.29) is 15.5 Å². The van der Waals surface area contributed by atoms with Crippen molar-refractivity contribution in [2.45, 2.75) is 37.5 Å². The fraction of sp³-hybridized carbons (Fsp3) is 0.500. The van der Waals surface area contributed by atoms with E-state index in [4.69, 9.17) is 34.8 Å². The largest absolute Gasteiger partial charge is 0.256 e. The van der Waals surface area contributed by atoms with E-state index in [1.54, 1.807) is 0 Å². The smallest absolute Gasteiger partial charge is 0.229 e. The number of nitrogens with zero attached hydrogens (tertiary/aromatic N) is 3. The Balaban J connectivity index is 2.33. The highest BCUT2D eigenvalue weighted by Gasteiger charge is 2.57. The van der Waals surface area contributed by atoms with Crippen molar-refractivity contribution >= 4 is 40.3 Å².